The monoisotopic (exact) mass is 435 g/mol. The number of nitrogens with zero attached hydrogens (tertiary/aromatic N) is 5. The van der Waals surface area contributed by atoms with Crippen LogP contribution in [-0.4, -0.2) is 55.3 Å². The molecule has 1 fully saturated rings. The third kappa shape index (κ3) is 5.78. The van der Waals surface area contributed by atoms with Gasteiger partial charge in [-0.1, -0.05) is 0 Å². The van der Waals surface area contributed by atoms with Crippen molar-refractivity contribution in [3.05, 3.63) is 78.5 Å². The Morgan fingerprint density at radius 3 is 2.44 bits per heavy atom. The van der Waals surface area contributed by atoms with Gasteiger partial charge in [-0.15, -0.1) is 0 Å². The summed E-state index contributed by atoms with van der Waals surface area (Å²) < 4.78 is 15.3. The lowest BCUT2D eigenvalue weighted by Crippen LogP contribution is -2.46. The molecule has 2 aromatic heterocycles. The zero-order chi connectivity index (χ0) is 22.2. The van der Waals surface area contributed by atoms with Gasteiger partial charge in [0.25, 0.3) is 0 Å². The van der Waals surface area contributed by atoms with Gasteiger partial charge in [-0.25, -0.2) is 9.37 Å². The van der Waals surface area contributed by atoms with E-state index in [-0.39, 0.29) is 5.82 Å². The Bertz CT molecular complexity index is 993. The van der Waals surface area contributed by atoms with E-state index in [1.165, 1.54) is 12.1 Å². The predicted molar refractivity (Wildman–Crippen MR) is 128 cm³/mol. The molecule has 32 heavy (non-hydrogen) atoms. The van der Waals surface area contributed by atoms with Crippen LogP contribution in [-0.2, 0) is 13.1 Å². The molecule has 0 spiro atoms. The van der Waals surface area contributed by atoms with Crippen LogP contribution in [0.25, 0.3) is 0 Å². The van der Waals surface area contributed by atoms with Crippen molar-refractivity contribution in [3.63, 3.8) is 0 Å². The molecule has 0 radical (unpaired) electrons. The number of rotatable bonds is 7. The third-order valence-corrected chi connectivity index (χ3v) is 5.62. The van der Waals surface area contributed by atoms with Gasteiger partial charge in [0.05, 0.1) is 0 Å². The Labute approximate surface area is 188 Å². The van der Waals surface area contributed by atoms with E-state index < -0.39 is 0 Å². The lowest BCUT2D eigenvalue weighted by molar-refractivity contribution is 0.624. The molecule has 0 aliphatic carbocycles. The fraction of sp³-hybridized carbons (Fsp3) is 0.333. The first kappa shape index (κ1) is 21.7. The molecule has 3 aromatic rings. The number of pyridine rings is 1. The number of aliphatic imine (C=N–C) groups is 1. The summed E-state index contributed by atoms with van der Waals surface area (Å²) in [5.41, 5.74) is 2.22. The number of hydrogen-bond donors (Lipinski definition) is 2. The van der Waals surface area contributed by atoms with E-state index in [4.69, 9.17) is 0 Å². The maximum Gasteiger partial charge on any atom is 0.191 e. The molecular formula is C24H30FN7. The van der Waals surface area contributed by atoms with E-state index in [9.17, 15) is 4.39 Å². The number of aromatic nitrogens is 2. The molecule has 1 aromatic carbocycles. The van der Waals surface area contributed by atoms with Crippen LogP contribution in [0.1, 0.15) is 5.56 Å². The molecular weight excluding hydrogens is 405 g/mol. The minimum Gasteiger partial charge on any atom is -0.368 e. The molecule has 1 aliphatic rings. The van der Waals surface area contributed by atoms with Crippen molar-refractivity contribution in [3.8, 4) is 0 Å². The fourth-order valence-electron chi connectivity index (χ4n) is 3.82. The molecule has 0 saturated carbocycles. The lowest BCUT2D eigenvalue weighted by atomic mass is 10.2. The van der Waals surface area contributed by atoms with Crippen LogP contribution >= 0.6 is 0 Å². The van der Waals surface area contributed by atoms with Crippen LogP contribution in [0.3, 0.4) is 0 Å². The highest BCUT2D eigenvalue weighted by Crippen LogP contribution is 2.20. The number of nitrogens with one attached hydrogen (secondary N) is 2. The van der Waals surface area contributed by atoms with Gasteiger partial charge >= 0.3 is 0 Å². The van der Waals surface area contributed by atoms with Gasteiger partial charge in [0.15, 0.2) is 5.96 Å². The largest absolute Gasteiger partial charge is 0.368 e. The van der Waals surface area contributed by atoms with E-state index in [2.05, 4.69) is 53.4 Å². The second-order valence-corrected chi connectivity index (χ2v) is 7.75. The molecule has 0 atom stereocenters. The Balaban J connectivity index is 1.26. The first-order valence-corrected chi connectivity index (χ1v) is 11.0. The predicted octanol–water partition coefficient (Wildman–Crippen LogP) is 2.71. The van der Waals surface area contributed by atoms with E-state index in [1.54, 1.807) is 7.05 Å². The summed E-state index contributed by atoms with van der Waals surface area (Å²) >= 11 is 0. The van der Waals surface area contributed by atoms with Crippen LogP contribution in [0.15, 0.2) is 72.1 Å². The van der Waals surface area contributed by atoms with Crippen molar-refractivity contribution in [1.82, 2.24) is 20.2 Å². The van der Waals surface area contributed by atoms with Gasteiger partial charge in [-0.2, -0.15) is 0 Å². The Hall–Kier alpha value is -3.55. The minimum atomic E-state index is -0.200. The number of halogens is 1. The van der Waals surface area contributed by atoms with Crippen LogP contribution in [0.4, 0.5) is 15.9 Å². The molecule has 1 saturated heterocycles. The zero-order valence-electron chi connectivity index (χ0n) is 18.4. The molecule has 3 heterocycles. The lowest BCUT2D eigenvalue weighted by Gasteiger charge is -2.36. The molecule has 0 unspecified atom stereocenters. The van der Waals surface area contributed by atoms with E-state index in [0.29, 0.717) is 6.54 Å². The Morgan fingerprint density at radius 1 is 1.00 bits per heavy atom. The first-order chi connectivity index (χ1) is 15.7. The van der Waals surface area contributed by atoms with Crippen molar-refractivity contribution in [2.45, 2.75) is 13.1 Å². The van der Waals surface area contributed by atoms with E-state index in [0.717, 1.165) is 62.3 Å². The Morgan fingerprint density at radius 2 is 1.72 bits per heavy atom. The minimum absolute atomic E-state index is 0.200. The second kappa shape index (κ2) is 10.7. The van der Waals surface area contributed by atoms with Crippen molar-refractivity contribution in [2.75, 3.05) is 49.6 Å². The van der Waals surface area contributed by atoms with Gasteiger partial charge in [-0.3, -0.25) is 4.99 Å². The summed E-state index contributed by atoms with van der Waals surface area (Å²) in [6, 6.07) is 14.9. The maximum atomic E-state index is 13.2. The molecule has 7 nitrogen and oxygen atoms in total. The molecule has 0 bridgehead atoms. The summed E-state index contributed by atoms with van der Waals surface area (Å²) in [5, 5.41) is 6.72. The topological polar surface area (TPSA) is 60.7 Å². The number of anilines is 2. The van der Waals surface area contributed by atoms with Crippen LogP contribution in [0, 0.1) is 5.82 Å². The second-order valence-electron chi connectivity index (χ2n) is 7.75. The quantitative estimate of drug-likeness (QED) is 0.442. The highest BCUT2D eigenvalue weighted by Gasteiger charge is 2.18. The average molecular weight is 436 g/mol. The zero-order valence-corrected chi connectivity index (χ0v) is 18.4. The molecule has 168 valence electrons. The van der Waals surface area contributed by atoms with Gasteiger partial charge in [0.2, 0.25) is 0 Å². The summed E-state index contributed by atoms with van der Waals surface area (Å²) in [6.45, 7) is 5.88. The van der Waals surface area contributed by atoms with Crippen molar-refractivity contribution >= 4 is 17.5 Å². The van der Waals surface area contributed by atoms with Crippen molar-refractivity contribution in [1.29, 1.82) is 0 Å². The van der Waals surface area contributed by atoms with Crippen molar-refractivity contribution in [2.24, 2.45) is 4.99 Å². The number of hydrogen-bond acceptors (Lipinski definition) is 4. The maximum absolute atomic E-state index is 13.2. The summed E-state index contributed by atoms with van der Waals surface area (Å²) in [6.07, 6.45) is 5.96. The first-order valence-electron chi connectivity index (χ1n) is 11.0. The van der Waals surface area contributed by atoms with Crippen LogP contribution < -0.4 is 20.4 Å². The normalized spacial score (nSPS) is 14.5. The van der Waals surface area contributed by atoms with Gasteiger partial charge in [0.1, 0.15) is 11.6 Å². The molecule has 8 heteroatoms. The highest BCUT2D eigenvalue weighted by atomic mass is 19.1. The molecule has 1 aliphatic heterocycles. The summed E-state index contributed by atoms with van der Waals surface area (Å²) in [7, 11) is 1.78. The molecule has 0 amide bonds. The SMILES string of the molecule is CN=C(NCCn1cccc1)NCc1ccnc(N2CCN(c3ccc(F)cc3)CC2)c1. The Kier molecular flexibility index (Phi) is 7.22. The number of piperazine rings is 1. The molecule has 2 N–H and O–H groups in total. The average Bonchev–Trinajstić information content (AvgIpc) is 3.36. The number of benzene rings is 1. The highest BCUT2D eigenvalue weighted by molar-refractivity contribution is 5.79. The van der Waals surface area contributed by atoms with E-state index in [1.807, 2.05) is 36.5 Å². The van der Waals surface area contributed by atoms with Crippen LogP contribution in [0.5, 0.6) is 0 Å². The third-order valence-electron chi connectivity index (χ3n) is 5.62. The van der Waals surface area contributed by atoms with Gasteiger partial charge in [0, 0.05) is 77.1 Å². The van der Waals surface area contributed by atoms with Crippen molar-refractivity contribution < 1.29 is 4.39 Å². The fourth-order valence-corrected chi connectivity index (χ4v) is 3.82. The number of guanidine groups is 1. The van der Waals surface area contributed by atoms with Gasteiger partial charge < -0.3 is 25.0 Å². The summed E-state index contributed by atoms with van der Waals surface area (Å²) in [4.78, 5) is 13.5. The van der Waals surface area contributed by atoms with E-state index >= 15 is 0 Å². The molecule has 4 rings (SSSR count). The van der Waals surface area contributed by atoms with Gasteiger partial charge in [-0.05, 0) is 54.1 Å². The smallest absolute Gasteiger partial charge is 0.191 e. The summed E-state index contributed by atoms with van der Waals surface area (Å²) in [5.74, 6) is 1.57. The van der Waals surface area contributed by atoms with Crippen LogP contribution in [0.2, 0.25) is 0 Å². The standard InChI is InChI=1S/C24H30FN7/c1-26-24(28-10-13-30-11-2-3-12-30)29-19-20-8-9-27-23(18-20)32-16-14-31(15-17-32)22-6-4-21(25)5-7-22/h2-9,11-12,18H,10,13-17,19H2,1H3,(H2,26,28,29).